The van der Waals surface area contributed by atoms with Gasteiger partial charge in [0, 0.05) is 23.2 Å². The third-order valence-electron chi connectivity index (χ3n) is 5.51. The van der Waals surface area contributed by atoms with Crippen molar-refractivity contribution in [2.75, 3.05) is 18.4 Å². The molecule has 0 aromatic heterocycles. The highest BCUT2D eigenvalue weighted by Gasteiger charge is 2.18. The van der Waals surface area contributed by atoms with Gasteiger partial charge in [-0.05, 0) is 79.7 Å². The zero-order valence-corrected chi connectivity index (χ0v) is 19.2. The summed E-state index contributed by atoms with van der Waals surface area (Å²) in [6.45, 7) is 6.07. The predicted octanol–water partition coefficient (Wildman–Crippen LogP) is 4.51. The molecule has 2 unspecified atom stereocenters. The van der Waals surface area contributed by atoms with Crippen LogP contribution in [-0.4, -0.2) is 30.2 Å². The van der Waals surface area contributed by atoms with Crippen LogP contribution in [0.25, 0.3) is 0 Å². The molecule has 1 amide bonds. The van der Waals surface area contributed by atoms with Gasteiger partial charge in [-0.2, -0.15) is 0 Å². The molecule has 5 N–H and O–H groups in total. The largest absolute Gasteiger partial charge is 0.322 e. The van der Waals surface area contributed by atoms with Crippen LogP contribution in [0.5, 0.6) is 0 Å². The first-order valence-corrected chi connectivity index (χ1v) is 11.7. The summed E-state index contributed by atoms with van der Waals surface area (Å²) in [7, 11) is 0. The van der Waals surface area contributed by atoms with E-state index in [4.69, 9.17) is 5.84 Å². The maximum Gasteiger partial charge on any atom is 0.256 e. The molecule has 2 atom stereocenters. The molecule has 1 saturated heterocycles. The van der Waals surface area contributed by atoms with Crippen molar-refractivity contribution in [1.29, 1.82) is 0 Å². The number of anilines is 1. The molecule has 0 radical (unpaired) electrons. The zero-order valence-electron chi connectivity index (χ0n) is 18.4. The summed E-state index contributed by atoms with van der Waals surface area (Å²) >= 11 is 1.24. The van der Waals surface area contributed by atoms with Crippen LogP contribution in [0.3, 0.4) is 0 Å². The number of amides is 1. The molecular formula is C23H30N6O2S. The van der Waals surface area contributed by atoms with E-state index < -0.39 is 0 Å². The summed E-state index contributed by atoms with van der Waals surface area (Å²) in [5.74, 6) is 5.80. The smallest absolute Gasteiger partial charge is 0.256 e. The Hall–Kier alpha value is -2.75. The molecule has 2 aromatic carbocycles. The van der Waals surface area contributed by atoms with Crippen LogP contribution in [0.4, 0.5) is 11.4 Å². The summed E-state index contributed by atoms with van der Waals surface area (Å²) in [5.41, 5.74) is 5.05. The van der Waals surface area contributed by atoms with Gasteiger partial charge in [-0.15, -0.1) is 4.91 Å². The van der Waals surface area contributed by atoms with Gasteiger partial charge in [0.05, 0.1) is 5.56 Å². The molecule has 0 spiro atoms. The lowest BCUT2D eigenvalue weighted by Gasteiger charge is -2.23. The van der Waals surface area contributed by atoms with Crippen molar-refractivity contribution in [3.8, 4) is 0 Å². The van der Waals surface area contributed by atoms with E-state index in [1.54, 1.807) is 12.1 Å². The Bertz CT molecular complexity index is 957. The molecule has 8 nitrogen and oxygen atoms in total. The number of benzene rings is 2. The molecule has 170 valence electrons. The number of carbonyl (C=O) groups excluding carboxylic acids is 1. The number of hydrogen-bond acceptors (Lipinski definition) is 7. The molecule has 1 aliphatic heterocycles. The Morgan fingerprint density at radius 2 is 2.06 bits per heavy atom. The minimum atomic E-state index is -0.329. The molecule has 0 bridgehead atoms. The number of nitroso groups, excluding NO2 is 1. The van der Waals surface area contributed by atoms with E-state index in [-0.39, 0.29) is 17.6 Å². The quantitative estimate of drug-likeness (QED) is 0.122. The first kappa shape index (κ1) is 23.9. The molecule has 9 heteroatoms. The predicted molar refractivity (Wildman–Crippen MR) is 132 cm³/mol. The van der Waals surface area contributed by atoms with Gasteiger partial charge < -0.3 is 16.1 Å². The van der Waals surface area contributed by atoms with Gasteiger partial charge in [-0.25, -0.2) is 5.84 Å². The minimum Gasteiger partial charge on any atom is -0.322 e. The number of rotatable bonds is 7. The van der Waals surface area contributed by atoms with Gasteiger partial charge in [0.2, 0.25) is 0 Å². The molecular weight excluding hydrogens is 424 g/mol. The number of nitrogens with two attached hydrogens (primary N) is 1. The van der Waals surface area contributed by atoms with E-state index in [2.05, 4.69) is 38.4 Å². The minimum absolute atomic E-state index is 0.0830. The van der Waals surface area contributed by atoms with Crippen LogP contribution in [0, 0.1) is 4.91 Å². The number of nitrogens with one attached hydrogen (secondary N) is 3. The number of amidine groups is 1. The zero-order chi connectivity index (χ0) is 22.9. The van der Waals surface area contributed by atoms with Crippen LogP contribution < -0.4 is 21.9 Å². The van der Waals surface area contributed by atoms with Crippen LogP contribution in [0.1, 0.15) is 54.9 Å². The summed E-state index contributed by atoms with van der Waals surface area (Å²) < 4.78 is 0. The molecule has 0 saturated carbocycles. The second-order valence-corrected chi connectivity index (χ2v) is 8.86. The number of hydrogen-bond donors (Lipinski definition) is 4. The number of piperidine rings is 1. The van der Waals surface area contributed by atoms with E-state index in [9.17, 15) is 9.70 Å². The normalized spacial score (nSPS) is 17.5. The molecule has 1 aliphatic rings. The lowest BCUT2D eigenvalue weighted by atomic mass is 9.91. The SMILES string of the molecule is CCC(C)N=C(NN)Sc1ccc(N=O)cc1C(=O)Nc1ccc(C2CCCNC2)cc1. The number of carbonyl (C=O) groups is 1. The molecule has 32 heavy (non-hydrogen) atoms. The van der Waals surface area contributed by atoms with Crippen molar-refractivity contribution in [2.45, 2.75) is 50.0 Å². The van der Waals surface area contributed by atoms with E-state index in [0.29, 0.717) is 27.2 Å². The van der Waals surface area contributed by atoms with Gasteiger partial charge in [-0.1, -0.05) is 30.8 Å². The lowest BCUT2D eigenvalue weighted by Crippen LogP contribution is -2.29. The highest BCUT2D eigenvalue weighted by molar-refractivity contribution is 8.13. The molecule has 1 fully saturated rings. The van der Waals surface area contributed by atoms with Crippen molar-refractivity contribution < 1.29 is 4.79 Å². The first-order valence-electron chi connectivity index (χ1n) is 10.9. The first-order chi connectivity index (χ1) is 15.5. The number of hydrazine groups is 1. The molecule has 3 rings (SSSR count). The second-order valence-electron chi connectivity index (χ2n) is 7.83. The molecule has 2 aromatic rings. The Balaban J connectivity index is 1.78. The second kappa shape index (κ2) is 11.8. The van der Waals surface area contributed by atoms with Crippen molar-refractivity contribution in [1.82, 2.24) is 10.7 Å². The van der Waals surface area contributed by atoms with E-state index in [1.807, 2.05) is 26.0 Å². The summed E-state index contributed by atoms with van der Waals surface area (Å²) in [5, 5.41) is 9.81. The maximum atomic E-state index is 13.1. The lowest BCUT2D eigenvalue weighted by molar-refractivity contribution is 0.102. The fourth-order valence-corrected chi connectivity index (χ4v) is 4.40. The van der Waals surface area contributed by atoms with Gasteiger partial charge >= 0.3 is 0 Å². The standard InChI is InChI=1S/C23H30N6O2S/c1-3-15(2)26-23(28-24)32-21-11-10-19(29-31)13-20(21)22(30)27-18-8-6-16(7-9-18)17-5-4-12-25-14-17/h6-11,13,15,17,25H,3-5,12,14,24H2,1-2H3,(H,26,28)(H,27,30). The van der Waals surface area contributed by atoms with Gasteiger partial charge in [0.25, 0.3) is 5.91 Å². The monoisotopic (exact) mass is 454 g/mol. The Morgan fingerprint density at radius 3 is 2.69 bits per heavy atom. The highest BCUT2D eigenvalue weighted by atomic mass is 32.2. The van der Waals surface area contributed by atoms with Crippen molar-refractivity contribution in [3.05, 3.63) is 58.5 Å². The van der Waals surface area contributed by atoms with Crippen LogP contribution in [-0.2, 0) is 0 Å². The van der Waals surface area contributed by atoms with Crippen molar-refractivity contribution in [3.63, 3.8) is 0 Å². The number of aliphatic imine (C=N–C) groups is 1. The average molecular weight is 455 g/mol. The van der Waals surface area contributed by atoms with E-state index in [1.165, 1.54) is 36.2 Å². The fourth-order valence-electron chi connectivity index (χ4n) is 3.50. The van der Waals surface area contributed by atoms with Gasteiger partial charge in [-0.3, -0.25) is 9.79 Å². The Morgan fingerprint density at radius 1 is 1.28 bits per heavy atom. The summed E-state index contributed by atoms with van der Waals surface area (Å²) in [6.07, 6.45) is 3.20. The topological polar surface area (TPSA) is 121 Å². The van der Waals surface area contributed by atoms with Gasteiger partial charge in [0.15, 0.2) is 5.17 Å². The van der Waals surface area contributed by atoms with E-state index in [0.717, 1.165) is 19.5 Å². The van der Waals surface area contributed by atoms with Crippen molar-refractivity contribution in [2.24, 2.45) is 16.0 Å². The molecule has 0 aliphatic carbocycles. The van der Waals surface area contributed by atoms with Crippen LogP contribution >= 0.6 is 11.8 Å². The Kier molecular flexibility index (Phi) is 8.78. The average Bonchev–Trinajstić information content (AvgIpc) is 2.84. The highest BCUT2D eigenvalue weighted by Crippen LogP contribution is 2.29. The number of thioether (sulfide) groups is 1. The maximum absolute atomic E-state index is 13.1. The van der Waals surface area contributed by atoms with Gasteiger partial charge in [0.1, 0.15) is 5.69 Å². The van der Waals surface area contributed by atoms with E-state index >= 15 is 0 Å². The third kappa shape index (κ3) is 6.38. The van der Waals surface area contributed by atoms with Crippen LogP contribution in [0.2, 0.25) is 0 Å². The summed E-state index contributed by atoms with van der Waals surface area (Å²) in [4.78, 5) is 29.3. The number of nitrogens with zero attached hydrogens (tertiary/aromatic N) is 2. The molecule has 1 heterocycles. The fraction of sp³-hybridized carbons (Fsp3) is 0.391. The van der Waals surface area contributed by atoms with Crippen molar-refractivity contribution >= 4 is 34.2 Å². The third-order valence-corrected chi connectivity index (χ3v) is 6.50. The summed E-state index contributed by atoms with van der Waals surface area (Å²) in [6, 6.07) is 12.7. The Labute approximate surface area is 192 Å². The van der Waals surface area contributed by atoms with Crippen LogP contribution in [0.15, 0.2) is 57.5 Å².